The molecule has 0 atom stereocenters. The zero-order valence-corrected chi connectivity index (χ0v) is 11.2. The normalized spacial score (nSPS) is 10.2. The number of carbonyl (C=O) groups is 1. The third-order valence-corrected chi connectivity index (χ3v) is 2.82. The van der Waals surface area contributed by atoms with Gasteiger partial charge in [-0.25, -0.2) is 8.78 Å². The Balaban J connectivity index is 2.12. The van der Waals surface area contributed by atoms with Gasteiger partial charge in [-0.15, -0.1) is 0 Å². The van der Waals surface area contributed by atoms with E-state index in [1.165, 1.54) is 6.07 Å². The van der Waals surface area contributed by atoms with E-state index in [4.69, 9.17) is 0 Å². The molecule has 0 saturated heterocycles. The Morgan fingerprint density at radius 3 is 2.20 bits per heavy atom. The van der Waals surface area contributed by atoms with E-state index >= 15 is 0 Å². The summed E-state index contributed by atoms with van der Waals surface area (Å²) in [5, 5.41) is 2.62. The van der Waals surface area contributed by atoms with Crippen molar-refractivity contribution in [1.82, 2.24) is 0 Å². The van der Waals surface area contributed by atoms with E-state index in [-0.39, 0.29) is 5.56 Å². The lowest BCUT2D eigenvalue weighted by Crippen LogP contribution is -2.13. The number of hydrogen-bond acceptors (Lipinski definition) is 2. The molecule has 0 unspecified atom stereocenters. The zero-order chi connectivity index (χ0) is 14.7. The molecule has 5 heteroatoms. The molecule has 2 aromatic rings. The second kappa shape index (κ2) is 5.69. The van der Waals surface area contributed by atoms with Crippen molar-refractivity contribution >= 4 is 17.3 Å². The number of amides is 1. The van der Waals surface area contributed by atoms with E-state index in [1.54, 1.807) is 12.1 Å². The van der Waals surface area contributed by atoms with E-state index in [1.807, 2.05) is 31.1 Å². The van der Waals surface area contributed by atoms with E-state index in [2.05, 4.69) is 5.32 Å². The summed E-state index contributed by atoms with van der Waals surface area (Å²) in [6, 6.07) is 10.2. The zero-order valence-electron chi connectivity index (χ0n) is 11.2. The highest BCUT2D eigenvalue weighted by atomic mass is 19.2. The molecule has 0 spiro atoms. The number of rotatable bonds is 3. The molecule has 3 nitrogen and oxygen atoms in total. The highest BCUT2D eigenvalue weighted by molar-refractivity contribution is 6.04. The number of carbonyl (C=O) groups excluding carboxylic acids is 1. The number of hydrogen-bond donors (Lipinski definition) is 1. The Morgan fingerprint density at radius 1 is 1.00 bits per heavy atom. The molecule has 2 aromatic carbocycles. The lowest BCUT2D eigenvalue weighted by Gasteiger charge is -2.13. The van der Waals surface area contributed by atoms with E-state index in [0.29, 0.717) is 5.69 Å². The minimum Gasteiger partial charge on any atom is -0.378 e. The van der Waals surface area contributed by atoms with E-state index in [0.717, 1.165) is 17.8 Å². The summed E-state index contributed by atoms with van der Waals surface area (Å²) in [5.74, 6) is -2.50. The van der Waals surface area contributed by atoms with Gasteiger partial charge in [-0.05, 0) is 42.5 Å². The van der Waals surface area contributed by atoms with Gasteiger partial charge in [0.15, 0.2) is 11.6 Å². The largest absolute Gasteiger partial charge is 0.378 e. The van der Waals surface area contributed by atoms with Crippen LogP contribution >= 0.6 is 0 Å². The van der Waals surface area contributed by atoms with Crippen molar-refractivity contribution in [2.45, 2.75) is 0 Å². The number of nitrogens with one attached hydrogen (secondary N) is 1. The topological polar surface area (TPSA) is 32.3 Å². The van der Waals surface area contributed by atoms with Crippen LogP contribution in [-0.2, 0) is 0 Å². The van der Waals surface area contributed by atoms with Crippen LogP contribution in [0.15, 0.2) is 42.5 Å². The van der Waals surface area contributed by atoms with Crippen LogP contribution in [0.5, 0.6) is 0 Å². The second-order valence-corrected chi connectivity index (χ2v) is 4.52. The third-order valence-electron chi connectivity index (χ3n) is 2.82. The Morgan fingerprint density at radius 2 is 1.65 bits per heavy atom. The molecule has 0 aromatic heterocycles. The highest BCUT2D eigenvalue weighted by Gasteiger charge is 2.10. The molecule has 0 bridgehead atoms. The fourth-order valence-corrected chi connectivity index (χ4v) is 1.68. The van der Waals surface area contributed by atoms with Crippen LogP contribution in [0.4, 0.5) is 20.2 Å². The fourth-order valence-electron chi connectivity index (χ4n) is 1.68. The van der Waals surface area contributed by atoms with E-state index < -0.39 is 17.5 Å². The lowest BCUT2D eigenvalue weighted by molar-refractivity contribution is 0.102. The number of anilines is 2. The van der Waals surface area contributed by atoms with Crippen molar-refractivity contribution in [2.24, 2.45) is 0 Å². The molecule has 0 aliphatic heterocycles. The molecule has 20 heavy (non-hydrogen) atoms. The van der Waals surface area contributed by atoms with Crippen LogP contribution in [0, 0.1) is 11.6 Å². The van der Waals surface area contributed by atoms with Crippen LogP contribution in [0.3, 0.4) is 0 Å². The van der Waals surface area contributed by atoms with Crippen LogP contribution in [0.25, 0.3) is 0 Å². The highest BCUT2D eigenvalue weighted by Crippen LogP contribution is 2.17. The Bertz CT molecular complexity index is 624. The first-order chi connectivity index (χ1) is 9.47. The molecule has 0 saturated carbocycles. The molecule has 1 amide bonds. The quantitative estimate of drug-likeness (QED) is 0.933. The maximum atomic E-state index is 13.1. The second-order valence-electron chi connectivity index (χ2n) is 4.52. The van der Waals surface area contributed by atoms with Gasteiger partial charge in [-0.2, -0.15) is 0 Å². The van der Waals surface area contributed by atoms with Gasteiger partial charge >= 0.3 is 0 Å². The molecule has 1 N–H and O–H groups in total. The first-order valence-electron chi connectivity index (χ1n) is 6.01. The van der Waals surface area contributed by atoms with Crippen molar-refractivity contribution in [3.05, 3.63) is 59.7 Å². The van der Waals surface area contributed by atoms with Crippen LogP contribution in [-0.4, -0.2) is 20.0 Å². The number of benzene rings is 2. The van der Waals surface area contributed by atoms with Crippen molar-refractivity contribution < 1.29 is 13.6 Å². The maximum Gasteiger partial charge on any atom is 0.255 e. The monoisotopic (exact) mass is 276 g/mol. The molecule has 0 fully saturated rings. The number of halogens is 2. The standard InChI is InChI=1S/C15H14F2N2O/c1-19(2)12-6-4-11(5-7-12)18-15(20)10-3-8-13(16)14(17)9-10/h3-9H,1-2H3,(H,18,20). The molecule has 0 aliphatic carbocycles. The minimum atomic E-state index is -1.04. The molecule has 104 valence electrons. The van der Waals surface area contributed by atoms with Gasteiger partial charge in [0.05, 0.1) is 0 Å². The van der Waals surface area contributed by atoms with Crippen molar-refractivity contribution in [3.8, 4) is 0 Å². The Labute approximate surface area is 115 Å². The van der Waals surface area contributed by atoms with Gasteiger partial charge in [0, 0.05) is 31.0 Å². The summed E-state index contributed by atoms with van der Waals surface area (Å²) in [7, 11) is 3.82. The fraction of sp³-hybridized carbons (Fsp3) is 0.133. The molecular weight excluding hydrogens is 262 g/mol. The van der Waals surface area contributed by atoms with Crippen molar-refractivity contribution in [3.63, 3.8) is 0 Å². The van der Waals surface area contributed by atoms with Gasteiger partial charge < -0.3 is 10.2 Å². The van der Waals surface area contributed by atoms with Gasteiger partial charge in [-0.1, -0.05) is 0 Å². The first kappa shape index (κ1) is 14.0. The first-order valence-corrected chi connectivity index (χ1v) is 6.01. The summed E-state index contributed by atoms with van der Waals surface area (Å²) < 4.78 is 25.9. The average molecular weight is 276 g/mol. The molecule has 0 aliphatic rings. The van der Waals surface area contributed by atoms with Gasteiger partial charge in [0.25, 0.3) is 5.91 Å². The SMILES string of the molecule is CN(C)c1ccc(NC(=O)c2ccc(F)c(F)c2)cc1. The third kappa shape index (κ3) is 3.12. The van der Waals surface area contributed by atoms with Crippen LogP contribution in [0.2, 0.25) is 0 Å². The Hall–Kier alpha value is -2.43. The summed E-state index contributed by atoms with van der Waals surface area (Å²) in [5.41, 5.74) is 1.65. The van der Waals surface area contributed by atoms with Crippen LogP contribution in [0.1, 0.15) is 10.4 Å². The van der Waals surface area contributed by atoms with Crippen LogP contribution < -0.4 is 10.2 Å². The smallest absolute Gasteiger partial charge is 0.255 e. The summed E-state index contributed by atoms with van der Waals surface area (Å²) in [6.45, 7) is 0. The molecular formula is C15H14F2N2O. The molecule has 0 radical (unpaired) electrons. The predicted molar refractivity (Wildman–Crippen MR) is 75.1 cm³/mol. The average Bonchev–Trinajstić information content (AvgIpc) is 2.42. The molecule has 0 heterocycles. The predicted octanol–water partition coefficient (Wildman–Crippen LogP) is 3.28. The van der Waals surface area contributed by atoms with Crippen molar-refractivity contribution in [2.75, 3.05) is 24.3 Å². The lowest BCUT2D eigenvalue weighted by atomic mass is 10.2. The van der Waals surface area contributed by atoms with Gasteiger partial charge in [0.2, 0.25) is 0 Å². The summed E-state index contributed by atoms with van der Waals surface area (Å²) in [4.78, 5) is 13.8. The molecule has 2 rings (SSSR count). The maximum absolute atomic E-state index is 13.1. The minimum absolute atomic E-state index is 0.0700. The van der Waals surface area contributed by atoms with Crippen molar-refractivity contribution in [1.29, 1.82) is 0 Å². The van der Waals surface area contributed by atoms with Gasteiger partial charge in [0.1, 0.15) is 0 Å². The summed E-state index contributed by atoms with van der Waals surface area (Å²) >= 11 is 0. The number of nitrogens with zero attached hydrogens (tertiary/aromatic N) is 1. The Kier molecular flexibility index (Phi) is 3.98. The summed E-state index contributed by atoms with van der Waals surface area (Å²) in [6.07, 6.45) is 0. The van der Waals surface area contributed by atoms with Gasteiger partial charge in [-0.3, -0.25) is 4.79 Å². The van der Waals surface area contributed by atoms with E-state index in [9.17, 15) is 13.6 Å².